The van der Waals surface area contributed by atoms with Gasteiger partial charge in [0.25, 0.3) is 0 Å². The molecule has 0 saturated heterocycles. The fourth-order valence-corrected chi connectivity index (χ4v) is 1.05. The Balaban J connectivity index is 2.74. The number of rotatable bonds is 3. The van der Waals surface area contributed by atoms with Crippen LogP contribution in [0.4, 0.5) is 5.95 Å². The van der Waals surface area contributed by atoms with E-state index >= 15 is 0 Å². The standard InChI is InChI=1S/C8H13N3/c1-3-4-7(2)11-6-5-10-8(11)9/h3,5-7H,1,4H2,2H3,(H2,9,10). The molecule has 0 aliphatic rings. The SMILES string of the molecule is C=CCC(C)n1ccnc1N. The molecule has 0 amide bonds. The van der Waals surface area contributed by atoms with Gasteiger partial charge in [-0.1, -0.05) is 6.08 Å². The van der Waals surface area contributed by atoms with E-state index in [1.165, 1.54) is 0 Å². The van der Waals surface area contributed by atoms with Crippen LogP contribution in [0.5, 0.6) is 0 Å². The van der Waals surface area contributed by atoms with Crippen LogP contribution in [0, 0.1) is 0 Å². The molecule has 1 rings (SSSR count). The highest BCUT2D eigenvalue weighted by molar-refractivity contribution is 5.17. The van der Waals surface area contributed by atoms with Gasteiger partial charge in [-0.15, -0.1) is 6.58 Å². The maximum absolute atomic E-state index is 5.59. The lowest BCUT2D eigenvalue weighted by atomic mass is 10.2. The molecule has 0 aliphatic heterocycles. The Bertz CT molecular complexity index is 239. The van der Waals surface area contributed by atoms with Crippen LogP contribution >= 0.6 is 0 Å². The van der Waals surface area contributed by atoms with Crippen molar-refractivity contribution in [3.05, 3.63) is 25.0 Å². The van der Waals surface area contributed by atoms with E-state index in [-0.39, 0.29) is 0 Å². The van der Waals surface area contributed by atoms with Crippen molar-refractivity contribution in [2.75, 3.05) is 5.73 Å². The predicted octanol–water partition coefficient (Wildman–Crippen LogP) is 1.60. The Morgan fingerprint density at radius 2 is 2.64 bits per heavy atom. The van der Waals surface area contributed by atoms with E-state index in [0.29, 0.717) is 12.0 Å². The van der Waals surface area contributed by atoms with Gasteiger partial charge >= 0.3 is 0 Å². The van der Waals surface area contributed by atoms with Gasteiger partial charge in [-0.25, -0.2) is 4.98 Å². The molecule has 2 N–H and O–H groups in total. The molecule has 1 atom stereocenters. The molecule has 11 heavy (non-hydrogen) atoms. The van der Waals surface area contributed by atoms with Crippen molar-refractivity contribution < 1.29 is 0 Å². The van der Waals surface area contributed by atoms with E-state index in [2.05, 4.69) is 18.5 Å². The number of anilines is 1. The van der Waals surface area contributed by atoms with Gasteiger partial charge in [0, 0.05) is 18.4 Å². The molecule has 1 aromatic heterocycles. The molecule has 1 heterocycles. The van der Waals surface area contributed by atoms with Gasteiger partial charge < -0.3 is 10.3 Å². The molecule has 60 valence electrons. The van der Waals surface area contributed by atoms with Crippen LogP contribution in [0.25, 0.3) is 0 Å². The second-order valence-corrected chi connectivity index (χ2v) is 2.57. The average molecular weight is 151 g/mol. The first kappa shape index (κ1) is 7.85. The fourth-order valence-electron chi connectivity index (χ4n) is 1.05. The van der Waals surface area contributed by atoms with E-state index in [4.69, 9.17) is 5.73 Å². The minimum atomic E-state index is 0.356. The van der Waals surface area contributed by atoms with Crippen LogP contribution in [0.1, 0.15) is 19.4 Å². The number of hydrogen-bond donors (Lipinski definition) is 1. The zero-order chi connectivity index (χ0) is 8.27. The first-order valence-corrected chi connectivity index (χ1v) is 3.65. The summed E-state index contributed by atoms with van der Waals surface area (Å²) in [5.74, 6) is 0.569. The first-order chi connectivity index (χ1) is 5.25. The highest BCUT2D eigenvalue weighted by atomic mass is 15.1. The van der Waals surface area contributed by atoms with Crippen LogP contribution in [-0.2, 0) is 0 Å². The highest BCUT2D eigenvalue weighted by Gasteiger charge is 2.04. The Labute approximate surface area is 66.5 Å². The summed E-state index contributed by atoms with van der Waals surface area (Å²) in [5, 5.41) is 0. The summed E-state index contributed by atoms with van der Waals surface area (Å²) >= 11 is 0. The molecule has 0 aromatic carbocycles. The third-order valence-corrected chi connectivity index (χ3v) is 1.68. The van der Waals surface area contributed by atoms with E-state index in [0.717, 1.165) is 6.42 Å². The Morgan fingerprint density at radius 1 is 1.91 bits per heavy atom. The van der Waals surface area contributed by atoms with Crippen molar-refractivity contribution in [1.82, 2.24) is 9.55 Å². The molecule has 0 bridgehead atoms. The topological polar surface area (TPSA) is 43.8 Å². The quantitative estimate of drug-likeness (QED) is 0.667. The lowest BCUT2D eigenvalue weighted by molar-refractivity contribution is 0.562. The molecular weight excluding hydrogens is 138 g/mol. The third kappa shape index (κ3) is 1.61. The normalized spacial score (nSPS) is 12.8. The summed E-state index contributed by atoms with van der Waals surface area (Å²) in [6.45, 7) is 5.75. The molecular formula is C8H13N3. The predicted molar refractivity (Wildman–Crippen MR) is 46.2 cm³/mol. The molecule has 1 aromatic rings. The Morgan fingerprint density at radius 3 is 3.09 bits per heavy atom. The number of nitrogens with two attached hydrogens (primary N) is 1. The minimum Gasteiger partial charge on any atom is -0.369 e. The van der Waals surface area contributed by atoms with Crippen molar-refractivity contribution in [2.45, 2.75) is 19.4 Å². The molecule has 1 unspecified atom stereocenters. The van der Waals surface area contributed by atoms with Crippen molar-refractivity contribution in [2.24, 2.45) is 0 Å². The van der Waals surface area contributed by atoms with Crippen molar-refractivity contribution in [3.63, 3.8) is 0 Å². The van der Waals surface area contributed by atoms with Gasteiger partial charge in [-0.3, -0.25) is 0 Å². The smallest absolute Gasteiger partial charge is 0.200 e. The van der Waals surface area contributed by atoms with E-state index < -0.39 is 0 Å². The summed E-state index contributed by atoms with van der Waals surface area (Å²) < 4.78 is 1.93. The van der Waals surface area contributed by atoms with Gasteiger partial charge in [-0.05, 0) is 13.3 Å². The maximum Gasteiger partial charge on any atom is 0.200 e. The van der Waals surface area contributed by atoms with Crippen molar-refractivity contribution >= 4 is 5.95 Å². The first-order valence-electron chi connectivity index (χ1n) is 3.65. The molecule has 0 radical (unpaired) electrons. The van der Waals surface area contributed by atoms with Crippen LogP contribution < -0.4 is 5.73 Å². The van der Waals surface area contributed by atoms with Crippen LogP contribution in [0.15, 0.2) is 25.0 Å². The maximum atomic E-state index is 5.59. The number of hydrogen-bond acceptors (Lipinski definition) is 2. The second-order valence-electron chi connectivity index (χ2n) is 2.57. The van der Waals surface area contributed by atoms with Gasteiger partial charge in [-0.2, -0.15) is 0 Å². The van der Waals surface area contributed by atoms with Gasteiger partial charge in [0.15, 0.2) is 5.95 Å². The number of aromatic nitrogens is 2. The molecule has 3 nitrogen and oxygen atoms in total. The molecule has 0 aliphatic carbocycles. The molecule has 0 spiro atoms. The fraction of sp³-hybridized carbons (Fsp3) is 0.375. The largest absolute Gasteiger partial charge is 0.369 e. The molecule has 0 saturated carbocycles. The van der Waals surface area contributed by atoms with E-state index in [1.54, 1.807) is 6.20 Å². The summed E-state index contributed by atoms with van der Waals surface area (Å²) in [6, 6.07) is 0.356. The summed E-state index contributed by atoms with van der Waals surface area (Å²) in [6.07, 6.45) is 6.38. The van der Waals surface area contributed by atoms with Crippen molar-refractivity contribution in [3.8, 4) is 0 Å². The minimum absolute atomic E-state index is 0.356. The monoisotopic (exact) mass is 151 g/mol. The average Bonchev–Trinajstić information content (AvgIpc) is 2.36. The number of nitrogen functional groups attached to an aromatic ring is 1. The third-order valence-electron chi connectivity index (χ3n) is 1.68. The zero-order valence-corrected chi connectivity index (χ0v) is 6.70. The van der Waals surface area contributed by atoms with E-state index in [9.17, 15) is 0 Å². The summed E-state index contributed by atoms with van der Waals surface area (Å²) in [5.41, 5.74) is 5.59. The molecule has 0 fully saturated rings. The van der Waals surface area contributed by atoms with Crippen LogP contribution in [0.3, 0.4) is 0 Å². The number of imidazole rings is 1. The zero-order valence-electron chi connectivity index (χ0n) is 6.70. The van der Waals surface area contributed by atoms with Gasteiger partial charge in [0.1, 0.15) is 0 Å². The van der Waals surface area contributed by atoms with Crippen LogP contribution in [0.2, 0.25) is 0 Å². The lowest BCUT2D eigenvalue weighted by Gasteiger charge is -2.11. The summed E-state index contributed by atoms with van der Waals surface area (Å²) in [7, 11) is 0. The molecule has 3 heteroatoms. The number of allylic oxidation sites excluding steroid dienone is 1. The lowest BCUT2D eigenvalue weighted by Crippen LogP contribution is -2.06. The Hall–Kier alpha value is -1.25. The van der Waals surface area contributed by atoms with Crippen molar-refractivity contribution in [1.29, 1.82) is 0 Å². The van der Waals surface area contributed by atoms with Crippen LogP contribution in [-0.4, -0.2) is 9.55 Å². The number of nitrogens with zero attached hydrogens (tertiary/aromatic N) is 2. The highest BCUT2D eigenvalue weighted by Crippen LogP contribution is 2.13. The Kier molecular flexibility index (Phi) is 2.31. The summed E-state index contributed by atoms with van der Waals surface area (Å²) in [4.78, 5) is 3.93. The second kappa shape index (κ2) is 3.23. The van der Waals surface area contributed by atoms with Gasteiger partial charge in [0.2, 0.25) is 0 Å². The van der Waals surface area contributed by atoms with E-state index in [1.807, 2.05) is 16.8 Å². The van der Waals surface area contributed by atoms with Gasteiger partial charge in [0.05, 0.1) is 0 Å².